The van der Waals surface area contributed by atoms with Crippen LogP contribution >= 0.6 is 0 Å². The fourth-order valence-corrected chi connectivity index (χ4v) is 5.26. The van der Waals surface area contributed by atoms with Gasteiger partial charge in [-0.25, -0.2) is 0 Å². The van der Waals surface area contributed by atoms with Crippen molar-refractivity contribution >= 4 is 39.9 Å². The molecule has 1 aliphatic carbocycles. The molecule has 3 rings (SSSR count). The van der Waals surface area contributed by atoms with Crippen molar-refractivity contribution in [3.8, 4) is 0 Å². The second kappa shape index (κ2) is 12.1. The van der Waals surface area contributed by atoms with E-state index in [1.165, 1.54) is 4.90 Å². The summed E-state index contributed by atoms with van der Waals surface area (Å²) in [6.07, 6.45) is 4.05. The Hall–Kier alpha value is -3.00. The number of benzene rings is 2. The summed E-state index contributed by atoms with van der Waals surface area (Å²) in [4.78, 5) is 40.2. The molecule has 2 aromatic rings. The van der Waals surface area contributed by atoms with Gasteiger partial charge in [0.15, 0.2) is 0 Å². The zero-order valence-electron chi connectivity index (χ0n) is 20.9. The highest BCUT2D eigenvalue weighted by Gasteiger charge is 2.31. The molecule has 35 heavy (non-hydrogen) atoms. The van der Waals surface area contributed by atoms with E-state index in [0.29, 0.717) is 11.4 Å². The van der Waals surface area contributed by atoms with Crippen LogP contribution in [0.2, 0.25) is 0 Å². The summed E-state index contributed by atoms with van der Waals surface area (Å²) in [5.41, 5.74) is 4.17. The number of hydrogen-bond donors (Lipinski definition) is 2. The lowest BCUT2D eigenvalue weighted by atomic mass is 10.1. The first-order chi connectivity index (χ1) is 16.6. The quantitative estimate of drug-likeness (QED) is 0.551. The Morgan fingerprint density at radius 3 is 2.23 bits per heavy atom. The van der Waals surface area contributed by atoms with Gasteiger partial charge >= 0.3 is 0 Å². The second-order valence-corrected chi connectivity index (χ2v) is 10.8. The molecule has 2 N–H and O–H groups in total. The highest BCUT2D eigenvalue weighted by molar-refractivity contribution is 7.86. The zero-order valence-corrected chi connectivity index (χ0v) is 21.7. The molecule has 0 aromatic heterocycles. The fourth-order valence-electron chi connectivity index (χ4n) is 4.38. The van der Waals surface area contributed by atoms with Gasteiger partial charge in [0.25, 0.3) is 0 Å². The van der Waals surface area contributed by atoms with Crippen molar-refractivity contribution in [1.82, 2.24) is 5.32 Å². The van der Waals surface area contributed by atoms with E-state index >= 15 is 0 Å². The van der Waals surface area contributed by atoms with Crippen molar-refractivity contribution in [1.29, 1.82) is 0 Å². The summed E-state index contributed by atoms with van der Waals surface area (Å²) in [5, 5.41) is 5.77. The maximum Gasteiger partial charge on any atom is 0.243 e. The third kappa shape index (κ3) is 7.49. The summed E-state index contributed by atoms with van der Waals surface area (Å²) in [5.74, 6) is -1.76. The molecule has 0 aliphatic heterocycles. The topological polar surface area (TPSA) is 95.6 Å². The molecule has 1 saturated carbocycles. The van der Waals surface area contributed by atoms with E-state index in [1.54, 1.807) is 19.1 Å². The lowest BCUT2D eigenvalue weighted by Gasteiger charge is -2.31. The summed E-state index contributed by atoms with van der Waals surface area (Å²) in [7, 11) is -1.73. The van der Waals surface area contributed by atoms with Gasteiger partial charge in [-0.2, -0.15) is 0 Å². The van der Waals surface area contributed by atoms with Crippen LogP contribution in [0.5, 0.6) is 0 Å². The zero-order chi connectivity index (χ0) is 25.5. The monoisotopic (exact) mass is 497 g/mol. The van der Waals surface area contributed by atoms with Gasteiger partial charge < -0.3 is 10.6 Å². The molecule has 7 nitrogen and oxygen atoms in total. The first kappa shape index (κ1) is 26.6. The molecule has 2 atom stereocenters. The molecule has 2 aromatic carbocycles. The lowest BCUT2D eigenvalue weighted by Crippen LogP contribution is -2.51. The Balaban J connectivity index is 1.71. The van der Waals surface area contributed by atoms with Crippen LogP contribution in [0.4, 0.5) is 11.4 Å². The van der Waals surface area contributed by atoms with Crippen LogP contribution in [0.25, 0.3) is 0 Å². The third-order valence-corrected chi connectivity index (χ3v) is 7.41. The molecule has 0 unspecified atom stereocenters. The van der Waals surface area contributed by atoms with E-state index in [1.807, 2.05) is 51.1 Å². The van der Waals surface area contributed by atoms with Crippen LogP contribution < -0.4 is 15.5 Å². The van der Waals surface area contributed by atoms with Gasteiger partial charge in [-0.15, -0.1) is 0 Å². The largest absolute Gasteiger partial charge is 0.352 e. The molecule has 0 saturated heterocycles. The molecule has 188 valence electrons. The number of nitrogens with one attached hydrogen (secondary N) is 2. The van der Waals surface area contributed by atoms with Crippen molar-refractivity contribution in [3.05, 3.63) is 59.2 Å². The summed E-state index contributed by atoms with van der Waals surface area (Å²) >= 11 is 0. The van der Waals surface area contributed by atoms with Crippen LogP contribution in [-0.4, -0.2) is 45.5 Å². The van der Waals surface area contributed by atoms with E-state index in [2.05, 4.69) is 10.6 Å². The average Bonchev–Trinajstić information content (AvgIpc) is 3.29. The maximum atomic E-state index is 13.4. The van der Waals surface area contributed by atoms with Crippen LogP contribution in [0, 0.1) is 20.8 Å². The highest BCUT2D eigenvalue weighted by atomic mass is 32.2. The van der Waals surface area contributed by atoms with E-state index in [-0.39, 0.29) is 23.5 Å². The molecule has 0 heterocycles. The van der Waals surface area contributed by atoms with Crippen molar-refractivity contribution < 1.29 is 18.6 Å². The maximum absolute atomic E-state index is 13.4. The van der Waals surface area contributed by atoms with Crippen LogP contribution in [0.3, 0.4) is 0 Å². The molecular formula is C27H35N3O4S. The van der Waals surface area contributed by atoms with E-state index in [0.717, 1.165) is 42.4 Å². The molecule has 8 heteroatoms. The number of rotatable bonds is 9. The molecule has 0 radical (unpaired) electrons. The number of hydrogen-bond acceptors (Lipinski definition) is 4. The van der Waals surface area contributed by atoms with Gasteiger partial charge in [0, 0.05) is 28.2 Å². The highest BCUT2D eigenvalue weighted by Crippen LogP contribution is 2.25. The molecule has 3 amide bonds. The first-order valence-corrected chi connectivity index (χ1v) is 13.5. The van der Waals surface area contributed by atoms with Gasteiger partial charge in [0.05, 0.1) is 0 Å². The van der Waals surface area contributed by atoms with Gasteiger partial charge in [-0.05, 0) is 64.3 Å². The molecule has 0 spiro atoms. The van der Waals surface area contributed by atoms with E-state index in [4.69, 9.17) is 0 Å². The van der Waals surface area contributed by atoms with Gasteiger partial charge in [0.1, 0.15) is 17.5 Å². The minimum absolute atomic E-state index is 0.126. The second-order valence-electron chi connectivity index (χ2n) is 9.36. The predicted octanol–water partition coefficient (Wildman–Crippen LogP) is 3.78. The van der Waals surface area contributed by atoms with Crippen molar-refractivity contribution in [2.24, 2.45) is 0 Å². The Morgan fingerprint density at radius 2 is 1.60 bits per heavy atom. The van der Waals surface area contributed by atoms with Crippen LogP contribution in [-0.2, 0) is 25.2 Å². The normalized spacial score (nSPS) is 15.3. The minimum atomic E-state index is -1.73. The van der Waals surface area contributed by atoms with Crippen molar-refractivity contribution in [2.45, 2.75) is 65.5 Å². The standard InChI is InChI=1S/C27H35N3O4S/c1-18-9-12-23(13-10-18)28-25(31)16-35(34)17-26(32)30(24-14-11-19(2)15-20(24)3)21(4)27(33)29-22-7-5-6-8-22/h9-15,21-22H,5-8,16-17H2,1-4H3,(H,28,31)(H,29,33)/t21-,35+/m0/s1. The molecular weight excluding hydrogens is 462 g/mol. The van der Waals surface area contributed by atoms with Crippen molar-refractivity contribution in [3.63, 3.8) is 0 Å². The van der Waals surface area contributed by atoms with Gasteiger partial charge in [0.2, 0.25) is 17.7 Å². The first-order valence-electron chi connectivity index (χ1n) is 12.0. The molecule has 0 bridgehead atoms. The number of anilines is 2. The average molecular weight is 498 g/mol. The Kier molecular flexibility index (Phi) is 9.20. The lowest BCUT2D eigenvalue weighted by molar-refractivity contribution is -0.125. The number of nitrogens with zero attached hydrogens (tertiary/aromatic N) is 1. The molecule has 1 aliphatic rings. The molecule has 1 fully saturated rings. The van der Waals surface area contributed by atoms with Gasteiger partial charge in [-0.1, -0.05) is 48.2 Å². The van der Waals surface area contributed by atoms with Gasteiger partial charge in [-0.3, -0.25) is 23.5 Å². The number of amides is 3. The Bertz CT molecular complexity index is 1090. The predicted molar refractivity (Wildman–Crippen MR) is 141 cm³/mol. The third-order valence-electron chi connectivity index (χ3n) is 6.26. The van der Waals surface area contributed by atoms with E-state index in [9.17, 15) is 18.6 Å². The Morgan fingerprint density at radius 1 is 0.971 bits per heavy atom. The SMILES string of the molecule is Cc1ccc(NC(=O)C[S@@](=O)CC(=O)N(c2ccc(C)cc2C)[C@@H](C)C(=O)NC2CCCC2)cc1. The smallest absolute Gasteiger partial charge is 0.243 e. The number of aryl methyl sites for hydroxylation is 3. The number of carbonyl (C=O) groups is 3. The Labute approximate surface area is 210 Å². The summed E-state index contributed by atoms with van der Waals surface area (Å²) < 4.78 is 12.8. The van der Waals surface area contributed by atoms with Crippen LogP contribution in [0.1, 0.15) is 49.3 Å². The minimum Gasteiger partial charge on any atom is -0.352 e. The summed E-state index contributed by atoms with van der Waals surface area (Å²) in [6, 6.07) is 12.3. The fraction of sp³-hybridized carbons (Fsp3) is 0.444. The van der Waals surface area contributed by atoms with E-state index < -0.39 is 28.7 Å². The summed E-state index contributed by atoms with van der Waals surface area (Å²) in [6.45, 7) is 7.48. The van der Waals surface area contributed by atoms with Crippen molar-refractivity contribution in [2.75, 3.05) is 21.7 Å². The van der Waals surface area contributed by atoms with Crippen LogP contribution in [0.15, 0.2) is 42.5 Å². The number of carbonyl (C=O) groups excluding carboxylic acids is 3.